The Morgan fingerprint density at radius 3 is 2.60 bits per heavy atom. The number of amides is 2. The maximum atomic E-state index is 13.0. The van der Waals surface area contributed by atoms with Crippen LogP contribution in [0, 0.1) is 0 Å². The molecule has 5 N–H and O–H groups in total. The number of hydrogen-bond donors (Lipinski definition) is 4. The van der Waals surface area contributed by atoms with Crippen LogP contribution in [0.4, 0.5) is 5.13 Å². The van der Waals surface area contributed by atoms with Crippen molar-refractivity contribution in [2.75, 3.05) is 5.73 Å². The first-order valence-electron chi connectivity index (χ1n) is 9.96. The molecule has 1 aliphatic rings. The van der Waals surface area contributed by atoms with E-state index in [2.05, 4.69) is 25.7 Å². The monoisotopic (exact) mass is 530 g/mol. The van der Waals surface area contributed by atoms with Gasteiger partial charge in [-0.15, -0.1) is 11.3 Å². The van der Waals surface area contributed by atoms with Crippen LogP contribution in [-0.2, 0) is 42.5 Å². The van der Waals surface area contributed by atoms with Gasteiger partial charge in [0.1, 0.15) is 17.8 Å². The van der Waals surface area contributed by atoms with Crippen LogP contribution in [0.25, 0.3) is 0 Å². The van der Waals surface area contributed by atoms with E-state index in [1.165, 1.54) is 25.4 Å². The van der Waals surface area contributed by atoms with Crippen molar-refractivity contribution in [3.8, 4) is 0 Å². The van der Waals surface area contributed by atoms with Gasteiger partial charge in [0, 0.05) is 5.38 Å². The molecular formula is C17H22N8O8S2. The van der Waals surface area contributed by atoms with Gasteiger partial charge in [-0.05, 0) is 20.3 Å². The summed E-state index contributed by atoms with van der Waals surface area (Å²) in [7, 11) is -4.94. The van der Waals surface area contributed by atoms with Crippen molar-refractivity contribution < 1.29 is 37.3 Å². The van der Waals surface area contributed by atoms with Crippen LogP contribution in [0.1, 0.15) is 32.2 Å². The molecule has 0 radical (unpaired) electrons. The Balaban J connectivity index is 1.89. The van der Waals surface area contributed by atoms with Crippen LogP contribution in [0.5, 0.6) is 0 Å². The Hall–Kier alpha value is -3.64. The SMILES string of the molecule is CCc1cnn(C[C@@H]2[C@H](NC(=O)/C(=N\OC(C)(C)C(=O)O)c3csc(N)n3)C(=O)N2S(=O)(=O)O)n1. The number of hydrogen-bond acceptors (Lipinski definition) is 12. The lowest BCUT2D eigenvalue weighted by atomic mass is 9.98. The highest BCUT2D eigenvalue weighted by Crippen LogP contribution is 2.25. The first-order valence-corrected chi connectivity index (χ1v) is 12.2. The summed E-state index contributed by atoms with van der Waals surface area (Å²) in [6, 6.07) is -2.69. The van der Waals surface area contributed by atoms with E-state index in [0.717, 1.165) is 16.1 Å². The Morgan fingerprint density at radius 1 is 1.40 bits per heavy atom. The molecule has 0 unspecified atom stereocenters. The summed E-state index contributed by atoms with van der Waals surface area (Å²) >= 11 is 0.966. The molecule has 1 saturated heterocycles. The van der Waals surface area contributed by atoms with Gasteiger partial charge < -0.3 is 21.0 Å². The number of aliphatic carboxylic acids is 1. The van der Waals surface area contributed by atoms with E-state index in [1.54, 1.807) is 0 Å². The normalized spacial score (nSPS) is 18.8. The first-order chi connectivity index (χ1) is 16.2. The van der Waals surface area contributed by atoms with Gasteiger partial charge in [-0.25, -0.2) is 14.1 Å². The van der Waals surface area contributed by atoms with Gasteiger partial charge in [-0.2, -0.15) is 23.4 Å². The largest absolute Gasteiger partial charge is 0.478 e. The topological polar surface area (TPSA) is 232 Å². The average molecular weight is 531 g/mol. The molecule has 0 aliphatic carbocycles. The van der Waals surface area contributed by atoms with Crippen molar-refractivity contribution in [3.05, 3.63) is 23.0 Å². The number of β-lactam (4-membered cyclic amide) rings is 1. The molecule has 0 aromatic carbocycles. The second kappa shape index (κ2) is 9.55. The number of rotatable bonds is 10. The molecule has 0 bridgehead atoms. The number of aromatic nitrogens is 4. The van der Waals surface area contributed by atoms with Crippen molar-refractivity contribution >= 4 is 50.3 Å². The third kappa shape index (κ3) is 5.54. The van der Waals surface area contributed by atoms with Crippen LogP contribution in [0.3, 0.4) is 0 Å². The van der Waals surface area contributed by atoms with E-state index in [0.29, 0.717) is 12.1 Å². The number of nitrogen functional groups attached to an aromatic ring is 1. The molecule has 1 aliphatic heterocycles. The van der Waals surface area contributed by atoms with Gasteiger partial charge in [0.2, 0.25) is 5.60 Å². The van der Waals surface area contributed by atoms with Crippen molar-refractivity contribution in [2.45, 2.75) is 51.4 Å². The molecule has 16 nitrogen and oxygen atoms in total. The number of carboxylic acid groups (broad SMARTS) is 1. The Morgan fingerprint density at radius 2 is 2.09 bits per heavy atom. The second-order valence-electron chi connectivity index (χ2n) is 7.79. The standard InChI is InChI=1S/C17H22N8O8S2/c1-4-8-5-19-24(22-8)6-10-12(14(27)25(10)35(30,31)32)21-13(26)11(9-7-34-16(18)20-9)23-33-17(2,3)15(28)29/h5,7,10,12H,4,6H2,1-3H3,(H2,18,20)(H,21,26)(H,28,29)(H,30,31,32)/b23-11-/t10-,12+/m1/s1. The summed E-state index contributed by atoms with van der Waals surface area (Å²) in [6.45, 7) is 3.95. The van der Waals surface area contributed by atoms with Gasteiger partial charge in [-0.1, -0.05) is 12.1 Å². The molecule has 0 spiro atoms. The Kier molecular flexibility index (Phi) is 7.08. The molecule has 2 aromatic heterocycles. The van der Waals surface area contributed by atoms with E-state index in [-0.39, 0.29) is 21.7 Å². The summed E-state index contributed by atoms with van der Waals surface area (Å²) < 4.78 is 33.1. The minimum atomic E-state index is -4.94. The van der Waals surface area contributed by atoms with E-state index in [9.17, 15) is 32.5 Å². The summed E-state index contributed by atoms with van der Waals surface area (Å²) in [6.07, 6.45) is 2.00. The maximum absolute atomic E-state index is 13.0. The molecule has 3 rings (SSSR count). The fraction of sp³-hybridized carbons (Fsp3) is 0.471. The summed E-state index contributed by atoms with van der Waals surface area (Å²) in [4.78, 5) is 46.9. The molecule has 1 fully saturated rings. The average Bonchev–Trinajstić information content (AvgIpc) is 3.39. The zero-order valence-electron chi connectivity index (χ0n) is 18.6. The van der Waals surface area contributed by atoms with Crippen molar-refractivity contribution in [1.29, 1.82) is 0 Å². The van der Waals surface area contributed by atoms with Crippen LogP contribution in [0.15, 0.2) is 16.7 Å². The number of nitrogens with one attached hydrogen (secondary N) is 1. The van der Waals surface area contributed by atoms with Gasteiger partial charge in [0.15, 0.2) is 10.8 Å². The zero-order valence-corrected chi connectivity index (χ0v) is 20.3. The van der Waals surface area contributed by atoms with Crippen LogP contribution < -0.4 is 11.1 Å². The Labute approximate surface area is 202 Å². The lowest BCUT2D eigenvalue weighted by molar-refractivity contribution is -0.161. The number of nitrogens with zero attached hydrogens (tertiary/aromatic N) is 6. The van der Waals surface area contributed by atoms with Gasteiger partial charge >= 0.3 is 16.3 Å². The van der Waals surface area contributed by atoms with Crippen LogP contribution >= 0.6 is 11.3 Å². The van der Waals surface area contributed by atoms with E-state index >= 15 is 0 Å². The predicted octanol–water partition coefficient (Wildman–Crippen LogP) is -1.34. The lowest BCUT2D eigenvalue weighted by Gasteiger charge is -2.43. The quantitative estimate of drug-likeness (QED) is 0.121. The number of carbonyl (C=O) groups is 3. The van der Waals surface area contributed by atoms with Crippen molar-refractivity contribution in [3.63, 3.8) is 0 Å². The molecule has 3 heterocycles. The van der Waals surface area contributed by atoms with Crippen molar-refractivity contribution in [2.24, 2.45) is 5.16 Å². The third-order valence-corrected chi connectivity index (χ3v) is 6.48. The summed E-state index contributed by atoms with van der Waals surface area (Å²) in [5.41, 5.74) is 3.82. The van der Waals surface area contributed by atoms with Crippen LogP contribution in [0.2, 0.25) is 0 Å². The highest BCUT2D eigenvalue weighted by molar-refractivity contribution is 7.84. The smallest absolute Gasteiger partial charge is 0.362 e. The molecule has 2 atom stereocenters. The molecule has 2 amide bonds. The minimum Gasteiger partial charge on any atom is -0.478 e. The summed E-state index contributed by atoms with van der Waals surface area (Å²) in [5.74, 6) is -3.51. The van der Waals surface area contributed by atoms with E-state index < -0.39 is 51.5 Å². The Bertz CT molecular complexity index is 1280. The fourth-order valence-electron chi connectivity index (χ4n) is 2.90. The fourth-order valence-corrected chi connectivity index (χ4v) is 4.32. The first kappa shape index (κ1) is 26.0. The maximum Gasteiger partial charge on any atom is 0.362 e. The number of carbonyl (C=O) groups excluding carboxylic acids is 2. The number of aryl methyl sites for hydroxylation is 1. The van der Waals surface area contributed by atoms with Gasteiger partial charge in [-0.3, -0.25) is 14.1 Å². The lowest BCUT2D eigenvalue weighted by Crippen LogP contribution is -2.73. The highest BCUT2D eigenvalue weighted by atomic mass is 32.2. The van der Waals surface area contributed by atoms with Gasteiger partial charge in [0.25, 0.3) is 11.8 Å². The molecule has 0 saturated carbocycles. The van der Waals surface area contributed by atoms with Crippen LogP contribution in [-0.4, -0.2) is 83.5 Å². The molecule has 190 valence electrons. The molecular weight excluding hydrogens is 508 g/mol. The number of nitrogens with two attached hydrogens (primary N) is 1. The zero-order chi connectivity index (χ0) is 26.1. The number of anilines is 1. The number of carboxylic acids is 1. The van der Waals surface area contributed by atoms with E-state index in [4.69, 9.17) is 10.6 Å². The second-order valence-corrected chi connectivity index (χ2v) is 9.97. The molecule has 2 aromatic rings. The van der Waals surface area contributed by atoms with Gasteiger partial charge in [0.05, 0.1) is 18.4 Å². The highest BCUT2D eigenvalue weighted by Gasteiger charge is 2.54. The third-order valence-electron chi connectivity index (χ3n) is 4.86. The van der Waals surface area contributed by atoms with E-state index in [1.807, 2.05) is 6.92 Å². The van der Waals surface area contributed by atoms with Crippen molar-refractivity contribution in [1.82, 2.24) is 29.6 Å². The molecule has 35 heavy (non-hydrogen) atoms. The minimum absolute atomic E-state index is 0.0672. The number of oxime groups is 1. The predicted molar refractivity (Wildman–Crippen MR) is 119 cm³/mol. The molecule has 18 heteroatoms. The summed E-state index contributed by atoms with van der Waals surface area (Å²) in [5, 5.41) is 24.7. The number of thiazole rings is 1.